The average molecular weight is 218 g/mol. The Hall–Kier alpha value is -0.580. The van der Waals surface area contributed by atoms with Crippen molar-refractivity contribution in [1.82, 2.24) is 14.9 Å². The molecule has 4 nitrogen and oxygen atoms in total. The quantitative estimate of drug-likeness (QED) is 0.728. The fourth-order valence-corrected chi connectivity index (χ4v) is 1.19. The molecule has 5 heteroatoms. The summed E-state index contributed by atoms with van der Waals surface area (Å²) in [6, 6.07) is 0. The van der Waals surface area contributed by atoms with Gasteiger partial charge in [0.25, 0.3) is 0 Å². The van der Waals surface area contributed by atoms with Crippen LogP contribution in [0.2, 0.25) is 5.15 Å². The van der Waals surface area contributed by atoms with Gasteiger partial charge in [0.2, 0.25) is 0 Å². The van der Waals surface area contributed by atoms with Crippen molar-refractivity contribution < 1.29 is 4.74 Å². The molecule has 0 aliphatic carbocycles. The molecular weight excluding hydrogens is 202 g/mol. The summed E-state index contributed by atoms with van der Waals surface area (Å²) in [4.78, 5) is 4.12. The maximum Gasteiger partial charge on any atom is 0.135 e. The summed E-state index contributed by atoms with van der Waals surface area (Å²) in [6.07, 6.45) is 1.63. The van der Waals surface area contributed by atoms with E-state index in [1.165, 1.54) is 0 Å². The Morgan fingerprint density at radius 2 is 2.43 bits per heavy atom. The Balaban J connectivity index is 2.21. The monoisotopic (exact) mass is 217 g/mol. The average Bonchev–Trinajstić information content (AvgIpc) is 2.49. The van der Waals surface area contributed by atoms with E-state index in [9.17, 15) is 0 Å². The first kappa shape index (κ1) is 11.5. The molecule has 0 fully saturated rings. The zero-order valence-corrected chi connectivity index (χ0v) is 9.34. The number of hydrogen-bond donors (Lipinski definition) is 1. The molecule has 1 aromatic heterocycles. The van der Waals surface area contributed by atoms with Crippen molar-refractivity contribution >= 4 is 11.6 Å². The SMILES string of the molecule is CCNCCOCc1ncc(Cl)n1C. The summed E-state index contributed by atoms with van der Waals surface area (Å²) in [5, 5.41) is 3.81. The number of likely N-dealkylation sites (N-methyl/N-ethyl adjacent to an activating group) is 1. The zero-order valence-electron chi connectivity index (χ0n) is 8.59. The molecule has 0 radical (unpaired) electrons. The first-order valence-electron chi connectivity index (χ1n) is 4.70. The lowest BCUT2D eigenvalue weighted by atomic mass is 10.6. The molecule has 0 spiro atoms. The van der Waals surface area contributed by atoms with Gasteiger partial charge in [-0.15, -0.1) is 0 Å². The molecule has 0 aliphatic heterocycles. The number of ether oxygens (including phenoxy) is 1. The Bertz CT molecular complexity index is 275. The zero-order chi connectivity index (χ0) is 10.4. The summed E-state index contributed by atoms with van der Waals surface area (Å²) in [5.74, 6) is 0.853. The van der Waals surface area contributed by atoms with Crippen LogP contribution < -0.4 is 5.32 Å². The lowest BCUT2D eigenvalue weighted by Crippen LogP contribution is -2.19. The van der Waals surface area contributed by atoms with Crippen molar-refractivity contribution in [1.29, 1.82) is 0 Å². The second-order valence-electron chi connectivity index (χ2n) is 2.96. The topological polar surface area (TPSA) is 39.1 Å². The molecule has 1 aromatic rings. The van der Waals surface area contributed by atoms with Gasteiger partial charge in [-0.3, -0.25) is 0 Å². The van der Waals surface area contributed by atoms with Crippen LogP contribution in [0.1, 0.15) is 12.7 Å². The maximum atomic E-state index is 5.82. The van der Waals surface area contributed by atoms with Gasteiger partial charge >= 0.3 is 0 Å². The molecule has 0 amide bonds. The van der Waals surface area contributed by atoms with Gasteiger partial charge in [-0.1, -0.05) is 18.5 Å². The molecule has 14 heavy (non-hydrogen) atoms. The van der Waals surface area contributed by atoms with Crippen molar-refractivity contribution in [2.75, 3.05) is 19.7 Å². The molecule has 1 N–H and O–H groups in total. The summed E-state index contributed by atoms with van der Waals surface area (Å²) < 4.78 is 7.23. The van der Waals surface area contributed by atoms with Gasteiger partial charge in [0.1, 0.15) is 17.6 Å². The van der Waals surface area contributed by atoms with Gasteiger partial charge in [0.15, 0.2) is 0 Å². The van der Waals surface area contributed by atoms with Crippen LogP contribution in [0.4, 0.5) is 0 Å². The van der Waals surface area contributed by atoms with Gasteiger partial charge in [-0.05, 0) is 6.54 Å². The number of hydrogen-bond acceptors (Lipinski definition) is 3. The lowest BCUT2D eigenvalue weighted by Gasteiger charge is -2.04. The third-order valence-corrected chi connectivity index (χ3v) is 2.28. The van der Waals surface area contributed by atoms with E-state index in [0.29, 0.717) is 18.4 Å². The third kappa shape index (κ3) is 3.29. The van der Waals surface area contributed by atoms with Gasteiger partial charge < -0.3 is 14.6 Å². The van der Waals surface area contributed by atoms with E-state index in [4.69, 9.17) is 16.3 Å². The number of halogens is 1. The molecule has 1 heterocycles. The minimum Gasteiger partial charge on any atom is -0.372 e. The number of nitrogens with zero attached hydrogens (tertiary/aromatic N) is 2. The van der Waals surface area contributed by atoms with Crippen molar-refractivity contribution in [3.05, 3.63) is 17.2 Å². The van der Waals surface area contributed by atoms with E-state index in [0.717, 1.165) is 18.9 Å². The molecule has 0 atom stereocenters. The normalized spacial score (nSPS) is 10.8. The fourth-order valence-electron chi connectivity index (χ4n) is 1.04. The molecule has 1 rings (SSSR count). The molecule has 0 bridgehead atoms. The van der Waals surface area contributed by atoms with E-state index >= 15 is 0 Å². The highest BCUT2D eigenvalue weighted by atomic mass is 35.5. The van der Waals surface area contributed by atoms with Crippen LogP contribution in [0.15, 0.2) is 6.20 Å². The summed E-state index contributed by atoms with van der Waals surface area (Å²) >= 11 is 5.82. The highest BCUT2D eigenvalue weighted by Gasteiger charge is 2.03. The highest BCUT2D eigenvalue weighted by Crippen LogP contribution is 2.09. The van der Waals surface area contributed by atoms with Crippen LogP contribution in [-0.2, 0) is 18.4 Å². The molecule has 0 unspecified atom stereocenters. The molecule has 0 saturated heterocycles. The minimum atomic E-state index is 0.509. The Kier molecular flexibility index (Phi) is 4.93. The van der Waals surface area contributed by atoms with Crippen molar-refractivity contribution in [3.63, 3.8) is 0 Å². The number of aromatic nitrogens is 2. The molecule has 80 valence electrons. The number of nitrogens with one attached hydrogen (secondary N) is 1. The van der Waals surface area contributed by atoms with Crippen molar-refractivity contribution in [2.24, 2.45) is 7.05 Å². The minimum absolute atomic E-state index is 0.509. The molecule has 0 aromatic carbocycles. The van der Waals surface area contributed by atoms with E-state index in [2.05, 4.69) is 17.2 Å². The number of imidazole rings is 1. The molecule has 0 aliphatic rings. The standard InChI is InChI=1S/C9H16ClN3O/c1-3-11-4-5-14-7-9-12-6-8(10)13(9)2/h6,11H,3-5,7H2,1-2H3. The van der Waals surface area contributed by atoms with E-state index in [-0.39, 0.29) is 0 Å². The largest absolute Gasteiger partial charge is 0.372 e. The first-order chi connectivity index (χ1) is 6.75. The smallest absolute Gasteiger partial charge is 0.135 e. The van der Waals surface area contributed by atoms with E-state index in [1.54, 1.807) is 6.20 Å². The maximum absolute atomic E-state index is 5.82. The van der Waals surface area contributed by atoms with Crippen LogP contribution in [0, 0.1) is 0 Å². The van der Waals surface area contributed by atoms with E-state index in [1.807, 2.05) is 11.6 Å². The van der Waals surface area contributed by atoms with Crippen LogP contribution in [0.5, 0.6) is 0 Å². The molecule has 0 saturated carbocycles. The van der Waals surface area contributed by atoms with Crippen molar-refractivity contribution in [3.8, 4) is 0 Å². The van der Waals surface area contributed by atoms with Crippen LogP contribution in [0.25, 0.3) is 0 Å². The Morgan fingerprint density at radius 3 is 3.00 bits per heavy atom. The van der Waals surface area contributed by atoms with Crippen LogP contribution >= 0.6 is 11.6 Å². The Labute approximate surface area is 89.2 Å². The summed E-state index contributed by atoms with van der Waals surface area (Å²) in [7, 11) is 1.87. The highest BCUT2D eigenvalue weighted by molar-refractivity contribution is 6.29. The predicted octanol–water partition coefficient (Wildman–Crippen LogP) is 1.20. The second-order valence-corrected chi connectivity index (χ2v) is 3.35. The molecular formula is C9H16ClN3O. The van der Waals surface area contributed by atoms with Crippen molar-refractivity contribution in [2.45, 2.75) is 13.5 Å². The second kappa shape index (κ2) is 6.01. The first-order valence-corrected chi connectivity index (χ1v) is 5.08. The van der Waals surface area contributed by atoms with Gasteiger partial charge in [0.05, 0.1) is 12.8 Å². The van der Waals surface area contributed by atoms with Crippen LogP contribution in [0.3, 0.4) is 0 Å². The third-order valence-electron chi connectivity index (χ3n) is 1.93. The Morgan fingerprint density at radius 1 is 1.64 bits per heavy atom. The van der Waals surface area contributed by atoms with Crippen LogP contribution in [-0.4, -0.2) is 29.2 Å². The number of rotatable bonds is 6. The van der Waals surface area contributed by atoms with E-state index < -0.39 is 0 Å². The lowest BCUT2D eigenvalue weighted by molar-refractivity contribution is 0.116. The fraction of sp³-hybridized carbons (Fsp3) is 0.667. The summed E-state index contributed by atoms with van der Waals surface area (Å²) in [6.45, 7) is 5.11. The van der Waals surface area contributed by atoms with Gasteiger partial charge in [-0.2, -0.15) is 0 Å². The predicted molar refractivity (Wildman–Crippen MR) is 56.4 cm³/mol. The van der Waals surface area contributed by atoms with Gasteiger partial charge in [-0.25, -0.2) is 4.98 Å². The van der Waals surface area contributed by atoms with Gasteiger partial charge in [0, 0.05) is 13.6 Å². The summed E-state index contributed by atoms with van der Waals surface area (Å²) in [5.41, 5.74) is 0.